The molecule has 0 atom stereocenters. The molecule has 1 N–H and O–H groups in total. The molecule has 0 spiro atoms. The molecule has 0 amide bonds. The van der Waals surface area contributed by atoms with Crippen molar-refractivity contribution in [2.45, 2.75) is 12.3 Å². The van der Waals surface area contributed by atoms with Crippen LogP contribution in [0.1, 0.15) is 5.56 Å². The second-order valence-electron chi connectivity index (χ2n) is 2.92. The van der Waals surface area contributed by atoms with Crippen LogP contribution in [0.4, 0.5) is 17.6 Å². The summed E-state index contributed by atoms with van der Waals surface area (Å²) < 4.78 is 50.7. The molecule has 0 heterocycles. The molecule has 0 fully saturated rings. The Bertz CT molecular complexity index is 390. The van der Waals surface area contributed by atoms with Crippen molar-refractivity contribution in [3.05, 3.63) is 35.4 Å². The maximum absolute atomic E-state index is 12.9. The number of hydrogen-bond acceptors (Lipinski definition) is 1. The van der Waals surface area contributed by atoms with Crippen LogP contribution < -0.4 is 0 Å². The highest BCUT2D eigenvalue weighted by atomic mass is 19.3. The van der Waals surface area contributed by atoms with Crippen LogP contribution in [0, 0.1) is 11.6 Å². The first-order chi connectivity index (χ1) is 6.83. The van der Waals surface area contributed by atoms with E-state index in [0.29, 0.717) is 12.1 Å². The van der Waals surface area contributed by atoms with E-state index in [-0.39, 0.29) is 0 Å². The van der Waals surface area contributed by atoms with E-state index in [1.165, 1.54) is 0 Å². The molecule has 0 unspecified atom stereocenters. The highest BCUT2D eigenvalue weighted by Crippen LogP contribution is 2.22. The van der Waals surface area contributed by atoms with Crippen molar-refractivity contribution >= 4 is 5.97 Å². The van der Waals surface area contributed by atoms with Gasteiger partial charge in [0.15, 0.2) is 0 Å². The zero-order chi connectivity index (χ0) is 11.6. The monoisotopic (exact) mass is 222 g/mol. The van der Waals surface area contributed by atoms with Crippen LogP contribution in [0.3, 0.4) is 0 Å². The number of halogens is 4. The summed E-state index contributed by atoms with van der Waals surface area (Å²) >= 11 is 0. The van der Waals surface area contributed by atoms with Gasteiger partial charge in [-0.25, -0.2) is 13.6 Å². The van der Waals surface area contributed by atoms with Crippen LogP contribution in [0.5, 0.6) is 0 Å². The Kier molecular flexibility index (Phi) is 2.97. The van der Waals surface area contributed by atoms with Gasteiger partial charge in [0.05, 0.1) is 6.42 Å². The Morgan fingerprint density at radius 1 is 1.33 bits per heavy atom. The van der Waals surface area contributed by atoms with E-state index in [4.69, 9.17) is 5.11 Å². The Hall–Kier alpha value is -1.59. The van der Waals surface area contributed by atoms with E-state index in [0.717, 1.165) is 6.07 Å². The Labute approximate surface area is 82.1 Å². The maximum atomic E-state index is 12.9. The quantitative estimate of drug-likeness (QED) is 0.796. The maximum Gasteiger partial charge on any atom is 0.374 e. The SMILES string of the molecule is O=C(O)C(F)(F)Cc1cc(F)ccc1F. The van der Waals surface area contributed by atoms with Crippen LogP contribution in [0.25, 0.3) is 0 Å². The molecule has 15 heavy (non-hydrogen) atoms. The molecule has 0 radical (unpaired) electrons. The predicted octanol–water partition coefficient (Wildman–Crippen LogP) is 2.23. The van der Waals surface area contributed by atoms with Gasteiger partial charge in [-0.1, -0.05) is 0 Å². The van der Waals surface area contributed by atoms with Gasteiger partial charge in [0, 0.05) is 0 Å². The lowest BCUT2D eigenvalue weighted by molar-refractivity contribution is -0.164. The van der Waals surface area contributed by atoms with Crippen LogP contribution in [0.15, 0.2) is 18.2 Å². The summed E-state index contributed by atoms with van der Waals surface area (Å²) in [6.07, 6.45) is -1.37. The molecular weight excluding hydrogens is 216 g/mol. The summed E-state index contributed by atoms with van der Waals surface area (Å²) in [7, 11) is 0. The van der Waals surface area contributed by atoms with Crippen molar-refractivity contribution in [2.24, 2.45) is 0 Å². The van der Waals surface area contributed by atoms with E-state index in [2.05, 4.69) is 0 Å². The van der Waals surface area contributed by atoms with Gasteiger partial charge in [0.25, 0.3) is 0 Å². The number of rotatable bonds is 3. The summed E-state index contributed by atoms with van der Waals surface area (Å²) in [5.74, 6) is -8.43. The minimum absolute atomic E-state index is 0.548. The van der Waals surface area contributed by atoms with Gasteiger partial charge in [-0.15, -0.1) is 0 Å². The molecule has 6 heteroatoms. The van der Waals surface area contributed by atoms with Crippen molar-refractivity contribution in [1.29, 1.82) is 0 Å². The van der Waals surface area contributed by atoms with E-state index in [1.807, 2.05) is 0 Å². The fraction of sp³-hybridized carbons (Fsp3) is 0.222. The lowest BCUT2D eigenvalue weighted by Crippen LogP contribution is -2.31. The normalized spacial score (nSPS) is 11.5. The third kappa shape index (κ3) is 2.68. The van der Waals surface area contributed by atoms with E-state index >= 15 is 0 Å². The van der Waals surface area contributed by atoms with Gasteiger partial charge < -0.3 is 5.11 Å². The molecule has 0 aliphatic carbocycles. The van der Waals surface area contributed by atoms with Gasteiger partial charge in [-0.2, -0.15) is 8.78 Å². The Morgan fingerprint density at radius 2 is 1.93 bits per heavy atom. The molecule has 0 saturated heterocycles. The number of carbonyl (C=O) groups is 1. The van der Waals surface area contributed by atoms with Crippen LogP contribution in [0.2, 0.25) is 0 Å². The smallest absolute Gasteiger partial charge is 0.374 e. The second-order valence-corrected chi connectivity index (χ2v) is 2.92. The van der Waals surface area contributed by atoms with Gasteiger partial charge in [0.1, 0.15) is 11.6 Å². The number of benzene rings is 1. The van der Waals surface area contributed by atoms with Gasteiger partial charge >= 0.3 is 11.9 Å². The zero-order valence-electron chi connectivity index (χ0n) is 7.31. The molecule has 82 valence electrons. The number of alkyl halides is 2. The molecule has 1 rings (SSSR count). The Balaban J connectivity index is 2.99. The number of aliphatic carboxylic acids is 1. The highest BCUT2D eigenvalue weighted by molar-refractivity contribution is 5.75. The van der Waals surface area contributed by atoms with E-state index < -0.39 is 35.5 Å². The van der Waals surface area contributed by atoms with Crippen LogP contribution in [-0.4, -0.2) is 17.0 Å². The van der Waals surface area contributed by atoms with Crippen molar-refractivity contribution in [1.82, 2.24) is 0 Å². The number of hydrogen-bond donors (Lipinski definition) is 1. The summed E-state index contributed by atoms with van der Waals surface area (Å²) in [6.45, 7) is 0. The van der Waals surface area contributed by atoms with Gasteiger partial charge in [-0.3, -0.25) is 0 Å². The summed E-state index contributed by atoms with van der Waals surface area (Å²) in [5, 5.41) is 8.10. The second kappa shape index (κ2) is 3.88. The molecule has 1 aromatic rings. The standard InChI is InChI=1S/C9H6F4O2/c10-6-1-2-7(11)5(3-6)4-9(12,13)8(14)15/h1-3H,4H2,(H,14,15). The fourth-order valence-electron chi connectivity index (χ4n) is 0.994. The van der Waals surface area contributed by atoms with Gasteiger partial charge in [-0.05, 0) is 23.8 Å². The van der Waals surface area contributed by atoms with Crippen molar-refractivity contribution in [3.8, 4) is 0 Å². The zero-order valence-corrected chi connectivity index (χ0v) is 7.31. The lowest BCUT2D eigenvalue weighted by atomic mass is 10.1. The summed E-state index contributed by atoms with van der Waals surface area (Å²) in [4.78, 5) is 10.1. The number of carboxylic acids is 1. The first-order valence-electron chi connectivity index (χ1n) is 3.88. The average Bonchev–Trinajstić information content (AvgIpc) is 2.10. The lowest BCUT2D eigenvalue weighted by Gasteiger charge is -2.11. The average molecular weight is 222 g/mol. The molecule has 1 aromatic carbocycles. The summed E-state index contributed by atoms with van der Waals surface area (Å²) in [6, 6.07) is 1.98. The third-order valence-electron chi connectivity index (χ3n) is 1.73. The third-order valence-corrected chi connectivity index (χ3v) is 1.73. The molecule has 0 aliphatic rings. The van der Waals surface area contributed by atoms with E-state index in [1.54, 1.807) is 0 Å². The number of carboxylic acid groups (broad SMARTS) is 1. The predicted molar refractivity (Wildman–Crippen MR) is 42.6 cm³/mol. The minimum Gasteiger partial charge on any atom is -0.477 e. The molecule has 0 aliphatic heterocycles. The molecule has 0 bridgehead atoms. The summed E-state index contributed by atoms with van der Waals surface area (Å²) in [5.41, 5.74) is -0.664. The Morgan fingerprint density at radius 3 is 2.47 bits per heavy atom. The molecular formula is C9H6F4O2. The van der Waals surface area contributed by atoms with Crippen molar-refractivity contribution in [3.63, 3.8) is 0 Å². The van der Waals surface area contributed by atoms with Crippen LogP contribution in [-0.2, 0) is 11.2 Å². The first kappa shape index (κ1) is 11.5. The van der Waals surface area contributed by atoms with Gasteiger partial charge in [0.2, 0.25) is 0 Å². The van der Waals surface area contributed by atoms with Crippen LogP contribution >= 0.6 is 0 Å². The topological polar surface area (TPSA) is 37.3 Å². The van der Waals surface area contributed by atoms with E-state index in [9.17, 15) is 22.4 Å². The molecule has 0 saturated carbocycles. The van der Waals surface area contributed by atoms with Crippen molar-refractivity contribution in [2.75, 3.05) is 0 Å². The fourth-order valence-corrected chi connectivity index (χ4v) is 0.994. The minimum atomic E-state index is -4.10. The van der Waals surface area contributed by atoms with Crippen molar-refractivity contribution < 1.29 is 27.5 Å². The first-order valence-corrected chi connectivity index (χ1v) is 3.88. The largest absolute Gasteiger partial charge is 0.477 e. The molecule has 2 nitrogen and oxygen atoms in total. The highest BCUT2D eigenvalue weighted by Gasteiger charge is 2.39. The molecule has 0 aromatic heterocycles.